The van der Waals surface area contributed by atoms with Crippen molar-refractivity contribution in [3.63, 3.8) is 0 Å². The molecule has 1 saturated heterocycles. The van der Waals surface area contributed by atoms with Gasteiger partial charge in [0.25, 0.3) is 0 Å². The van der Waals surface area contributed by atoms with Gasteiger partial charge < -0.3 is 38.3 Å². The fourth-order valence-corrected chi connectivity index (χ4v) is 7.76. The average molecular weight is 526 g/mol. The molecule has 1 unspecified atom stereocenters. The van der Waals surface area contributed by atoms with Crippen LogP contribution in [0.15, 0.2) is 24.3 Å². The number of ether oxygens (including phenoxy) is 1. The van der Waals surface area contributed by atoms with Crippen molar-refractivity contribution >= 4 is 0 Å². The second-order valence-corrected chi connectivity index (χ2v) is 11.4. The van der Waals surface area contributed by atoms with E-state index in [2.05, 4.69) is 31.3 Å². The molecule has 5 aliphatic rings. The lowest BCUT2D eigenvalue weighted by atomic mass is 9.48. The Hall–Kier alpha value is -0.330. The summed E-state index contributed by atoms with van der Waals surface area (Å²) in [6, 6.07) is 8.97. The molecule has 0 spiro atoms. The molecule has 0 aromatic heterocycles. The summed E-state index contributed by atoms with van der Waals surface area (Å²) >= 11 is 0. The zero-order valence-electron chi connectivity index (χ0n) is 18.7. The van der Waals surface area contributed by atoms with E-state index in [-0.39, 0.29) is 30.1 Å². The quantitative estimate of drug-likeness (QED) is 0.455. The number of halogens is 1. The molecule has 0 amide bonds. The van der Waals surface area contributed by atoms with Gasteiger partial charge in [0.05, 0.1) is 20.1 Å². The van der Waals surface area contributed by atoms with Crippen molar-refractivity contribution in [3.8, 4) is 5.75 Å². The van der Waals surface area contributed by atoms with E-state index in [0.29, 0.717) is 12.0 Å². The van der Waals surface area contributed by atoms with E-state index in [9.17, 15) is 5.11 Å². The molecule has 4 bridgehead atoms. The van der Waals surface area contributed by atoms with Gasteiger partial charge in [-0.2, -0.15) is 0 Å². The Morgan fingerprint density at radius 3 is 2.00 bits per heavy atom. The van der Waals surface area contributed by atoms with E-state index in [0.717, 1.165) is 34.5 Å². The second-order valence-electron chi connectivity index (χ2n) is 11.4. The van der Waals surface area contributed by atoms with Gasteiger partial charge in [-0.3, -0.25) is 0 Å². The third-order valence-electron chi connectivity index (χ3n) is 8.74. The summed E-state index contributed by atoms with van der Waals surface area (Å²) in [5.41, 5.74) is 2.00. The highest BCUT2D eigenvalue weighted by Crippen LogP contribution is 2.60. The van der Waals surface area contributed by atoms with Crippen molar-refractivity contribution in [1.82, 2.24) is 0 Å². The predicted octanol–water partition coefficient (Wildman–Crippen LogP) is 1.92. The highest BCUT2D eigenvalue weighted by molar-refractivity contribution is 5.34. The fraction of sp³-hybridized carbons (Fsp3) is 0.769. The van der Waals surface area contributed by atoms with E-state index in [1.54, 1.807) is 5.56 Å². The van der Waals surface area contributed by atoms with Crippen molar-refractivity contribution in [2.45, 2.75) is 75.7 Å². The molecule has 168 valence electrons. The first-order valence-corrected chi connectivity index (χ1v) is 12.3. The van der Waals surface area contributed by atoms with Crippen LogP contribution >= 0.6 is 0 Å². The van der Waals surface area contributed by atoms with Gasteiger partial charge in [0, 0.05) is 0 Å². The number of nitrogens with zero attached hydrogens (tertiary/aromatic N) is 1. The van der Waals surface area contributed by atoms with Crippen LogP contribution in [0.3, 0.4) is 0 Å². The largest absolute Gasteiger partial charge is 1.00 e. The molecule has 4 aliphatic carbocycles. The van der Waals surface area contributed by atoms with Crippen LogP contribution in [0.4, 0.5) is 0 Å². The molecular formula is C26H40INO2. The van der Waals surface area contributed by atoms with E-state index in [4.69, 9.17) is 4.74 Å². The predicted molar refractivity (Wildman–Crippen MR) is 117 cm³/mol. The van der Waals surface area contributed by atoms with Gasteiger partial charge >= 0.3 is 0 Å². The lowest BCUT2D eigenvalue weighted by Crippen LogP contribution is -3.00. The number of aliphatic hydroxyl groups is 1. The molecule has 4 heteroatoms. The second kappa shape index (κ2) is 9.27. The Bertz CT molecular complexity index is 660. The van der Waals surface area contributed by atoms with E-state index in [1.807, 2.05) is 0 Å². The summed E-state index contributed by atoms with van der Waals surface area (Å²) < 4.78 is 7.00. The van der Waals surface area contributed by atoms with Crippen molar-refractivity contribution in [1.29, 1.82) is 0 Å². The Morgan fingerprint density at radius 1 is 0.933 bits per heavy atom. The monoisotopic (exact) mass is 525 g/mol. The normalized spacial score (nSPS) is 35.3. The van der Waals surface area contributed by atoms with Gasteiger partial charge in [-0.1, -0.05) is 12.1 Å². The summed E-state index contributed by atoms with van der Waals surface area (Å²) in [5, 5.41) is 10.6. The zero-order chi connectivity index (χ0) is 19.9. The molecule has 1 aromatic carbocycles. The zero-order valence-corrected chi connectivity index (χ0v) is 20.9. The van der Waals surface area contributed by atoms with Crippen molar-refractivity contribution in [2.24, 2.45) is 17.8 Å². The lowest BCUT2D eigenvalue weighted by molar-refractivity contribution is -0.911. The lowest BCUT2D eigenvalue weighted by Gasteiger charge is -2.57. The number of hydrogen-bond acceptors (Lipinski definition) is 2. The van der Waals surface area contributed by atoms with Crippen LogP contribution in [0.1, 0.15) is 69.8 Å². The number of likely N-dealkylation sites (tertiary alicyclic amines) is 1. The minimum absolute atomic E-state index is 0. The van der Waals surface area contributed by atoms with Gasteiger partial charge in [-0.05, 0) is 105 Å². The molecule has 1 aliphatic heterocycles. The highest BCUT2D eigenvalue weighted by atomic mass is 127. The first kappa shape index (κ1) is 22.8. The SMILES string of the molecule is C[N+]1(CC(O)COc2ccc(C34CC5CC(CC(C5)C3)C4)cc2)CCCCCC1.[I-]. The summed E-state index contributed by atoms with van der Waals surface area (Å²) in [6.07, 6.45) is 13.6. The van der Waals surface area contributed by atoms with Crippen LogP contribution in [0.2, 0.25) is 0 Å². The highest BCUT2D eigenvalue weighted by Gasteiger charge is 2.51. The Morgan fingerprint density at radius 2 is 1.47 bits per heavy atom. The fourth-order valence-electron chi connectivity index (χ4n) is 7.76. The van der Waals surface area contributed by atoms with Crippen LogP contribution < -0.4 is 28.7 Å². The summed E-state index contributed by atoms with van der Waals surface area (Å²) in [6.45, 7) is 3.60. The maximum Gasteiger partial charge on any atom is 0.137 e. The molecule has 5 fully saturated rings. The Kier molecular flexibility index (Phi) is 7.06. The molecule has 30 heavy (non-hydrogen) atoms. The van der Waals surface area contributed by atoms with Gasteiger partial charge in [0.1, 0.15) is 25.0 Å². The molecule has 1 heterocycles. The maximum atomic E-state index is 10.6. The Labute approximate surface area is 200 Å². The molecule has 1 atom stereocenters. The summed E-state index contributed by atoms with van der Waals surface area (Å²) in [7, 11) is 2.30. The molecular weight excluding hydrogens is 485 g/mol. The van der Waals surface area contributed by atoms with Crippen LogP contribution in [0.25, 0.3) is 0 Å². The topological polar surface area (TPSA) is 29.5 Å². The van der Waals surface area contributed by atoms with Gasteiger partial charge in [0.15, 0.2) is 0 Å². The molecule has 4 saturated carbocycles. The first-order valence-electron chi connectivity index (χ1n) is 12.3. The van der Waals surface area contributed by atoms with Crippen LogP contribution in [0.5, 0.6) is 5.75 Å². The number of hydrogen-bond donors (Lipinski definition) is 1. The summed E-state index contributed by atoms with van der Waals surface area (Å²) in [5.74, 6) is 3.86. The molecule has 6 rings (SSSR count). The molecule has 1 N–H and O–H groups in total. The first-order chi connectivity index (χ1) is 14.0. The van der Waals surface area contributed by atoms with Crippen molar-refractivity contribution in [3.05, 3.63) is 29.8 Å². The van der Waals surface area contributed by atoms with Crippen LogP contribution in [0, 0.1) is 17.8 Å². The van der Waals surface area contributed by atoms with E-state index < -0.39 is 0 Å². The number of rotatable bonds is 6. The number of quaternary nitrogens is 1. The van der Waals surface area contributed by atoms with Gasteiger partial charge in [-0.25, -0.2) is 0 Å². The molecule has 1 aromatic rings. The third-order valence-corrected chi connectivity index (χ3v) is 8.74. The smallest absolute Gasteiger partial charge is 0.137 e. The van der Waals surface area contributed by atoms with Crippen molar-refractivity contribution in [2.75, 3.05) is 33.3 Å². The van der Waals surface area contributed by atoms with Gasteiger partial charge in [-0.15, -0.1) is 0 Å². The molecule has 3 nitrogen and oxygen atoms in total. The number of aliphatic hydroxyl groups excluding tert-OH is 1. The van der Waals surface area contributed by atoms with Crippen LogP contribution in [-0.2, 0) is 5.41 Å². The minimum atomic E-state index is -0.388. The van der Waals surface area contributed by atoms with E-state index in [1.165, 1.54) is 77.3 Å². The number of likely N-dealkylation sites (N-methyl/N-ethyl adjacent to an activating group) is 1. The average Bonchev–Trinajstić information content (AvgIpc) is 2.90. The van der Waals surface area contributed by atoms with E-state index >= 15 is 0 Å². The summed E-state index contributed by atoms with van der Waals surface area (Å²) in [4.78, 5) is 0. The van der Waals surface area contributed by atoms with Gasteiger partial charge in [0.2, 0.25) is 0 Å². The Balaban J connectivity index is 0.00000218. The minimum Gasteiger partial charge on any atom is -1.00 e. The standard InChI is InChI=1S/C26H40NO2.HI/c1-27(10-4-2-3-5-11-27)18-24(28)19-29-25-8-6-23(7-9-25)26-15-20-12-21(16-26)14-22(13-20)17-26;/h6-9,20-22,24,28H,2-5,10-19H2,1H3;1H/q+1;/p-1. The van der Waals surface area contributed by atoms with Crippen molar-refractivity contribution < 1.29 is 38.3 Å². The number of benzene rings is 1. The third kappa shape index (κ3) is 4.85. The maximum absolute atomic E-state index is 10.6. The van der Waals surface area contributed by atoms with Crippen LogP contribution in [-0.4, -0.2) is 49.0 Å². The molecule has 0 radical (unpaired) electrons.